The predicted molar refractivity (Wildman–Crippen MR) is 142 cm³/mol. The maximum atomic E-state index is 6.08. The highest BCUT2D eigenvalue weighted by atomic mass is 16.3. The van der Waals surface area contributed by atoms with Gasteiger partial charge in [0, 0.05) is 33.8 Å². The number of hydrogen-bond donors (Lipinski definition) is 0. The van der Waals surface area contributed by atoms with Crippen molar-refractivity contribution in [1.29, 1.82) is 0 Å². The summed E-state index contributed by atoms with van der Waals surface area (Å²) in [6.07, 6.45) is 4.99. The van der Waals surface area contributed by atoms with Crippen LogP contribution in [0, 0.1) is 0 Å². The van der Waals surface area contributed by atoms with Crippen molar-refractivity contribution in [3.63, 3.8) is 0 Å². The van der Waals surface area contributed by atoms with Gasteiger partial charge < -0.3 is 4.42 Å². The molecule has 0 atom stereocenters. The molecule has 0 aliphatic rings. The van der Waals surface area contributed by atoms with Gasteiger partial charge in [0.25, 0.3) is 0 Å². The summed E-state index contributed by atoms with van der Waals surface area (Å²) in [5.74, 6) is 1.78. The first-order valence-corrected chi connectivity index (χ1v) is 11.8. The van der Waals surface area contributed by atoms with Crippen LogP contribution in [-0.2, 0) is 0 Å². The average molecular weight is 479 g/mol. The molecule has 3 aromatic carbocycles. The van der Waals surface area contributed by atoms with E-state index in [4.69, 9.17) is 24.4 Å². The topological polar surface area (TPSA) is 90.5 Å². The molecule has 0 bridgehead atoms. The molecule has 37 heavy (non-hydrogen) atoms. The van der Waals surface area contributed by atoms with Crippen molar-refractivity contribution in [1.82, 2.24) is 29.9 Å². The summed E-state index contributed by atoms with van der Waals surface area (Å²) in [5, 5.41) is 0.929. The molecule has 7 rings (SSSR count). The molecule has 0 amide bonds. The van der Waals surface area contributed by atoms with Crippen molar-refractivity contribution >= 4 is 22.1 Å². The average Bonchev–Trinajstić information content (AvgIpc) is 3.37. The van der Waals surface area contributed by atoms with Crippen LogP contribution in [0.4, 0.5) is 0 Å². The minimum atomic E-state index is 0.559. The third-order valence-corrected chi connectivity index (χ3v) is 6.16. The number of nitrogens with zero attached hydrogens (tertiary/aromatic N) is 6. The molecule has 0 saturated heterocycles. The lowest BCUT2D eigenvalue weighted by Crippen LogP contribution is -2.00. The van der Waals surface area contributed by atoms with Crippen molar-refractivity contribution in [2.24, 2.45) is 0 Å². The second kappa shape index (κ2) is 8.73. The van der Waals surface area contributed by atoms with E-state index < -0.39 is 0 Å². The number of benzene rings is 3. The summed E-state index contributed by atoms with van der Waals surface area (Å²) < 4.78 is 6.08. The van der Waals surface area contributed by atoms with Crippen LogP contribution in [0.3, 0.4) is 0 Å². The molecule has 0 unspecified atom stereocenters. The molecule has 7 aromatic rings. The summed E-state index contributed by atoms with van der Waals surface area (Å²) in [4.78, 5) is 27.5. The third-order valence-electron chi connectivity index (χ3n) is 6.16. The molecule has 0 fully saturated rings. The SMILES string of the molecule is c1ccc(-c2nc(-c3ccccc3)nc(-c3ccc(-c4cccc5c4oc4cncnc45)nc3)n2)cc1. The number of rotatable bonds is 4. The van der Waals surface area contributed by atoms with E-state index in [2.05, 4.69) is 9.97 Å². The maximum absolute atomic E-state index is 6.08. The van der Waals surface area contributed by atoms with E-state index in [1.807, 2.05) is 91.0 Å². The molecule has 0 aliphatic heterocycles. The summed E-state index contributed by atoms with van der Waals surface area (Å²) in [6, 6.07) is 29.7. The lowest BCUT2D eigenvalue weighted by atomic mass is 10.1. The number of aromatic nitrogens is 6. The first kappa shape index (κ1) is 21.0. The van der Waals surface area contributed by atoms with Crippen molar-refractivity contribution in [2.45, 2.75) is 0 Å². The molecule has 0 N–H and O–H groups in total. The van der Waals surface area contributed by atoms with Crippen LogP contribution in [0.5, 0.6) is 0 Å². The van der Waals surface area contributed by atoms with Crippen LogP contribution in [0.15, 0.2) is 114 Å². The van der Waals surface area contributed by atoms with Gasteiger partial charge in [-0.3, -0.25) is 4.98 Å². The Balaban J connectivity index is 1.33. The molecule has 7 nitrogen and oxygen atoms in total. The number of para-hydroxylation sites is 1. The normalized spacial score (nSPS) is 11.2. The standard InChI is InChI=1S/C30H18N6O/c1-3-8-19(9-4-1)28-34-29(20-10-5-2-6-11-20)36-30(35-28)21-14-15-24(32-16-21)22-12-7-13-23-26-25(37-27(22)23)17-31-18-33-26/h1-18H. The molecule has 0 aliphatic carbocycles. The lowest BCUT2D eigenvalue weighted by molar-refractivity contribution is 0.666. The van der Waals surface area contributed by atoms with Gasteiger partial charge in [-0.2, -0.15) is 0 Å². The van der Waals surface area contributed by atoms with Crippen molar-refractivity contribution < 1.29 is 4.42 Å². The Labute approximate surface area is 211 Å². The van der Waals surface area contributed by atoms with Crippen LogP contribution >= 0.6 is 0 Å². The zero-order valence-electron chi connectivity index (χ0n) is 19.5. The highest BCUT2D eigenvalue weighted by molar-refractivity contribution is 6.07. The molecule has 0 saturated carbocycles. The van der Waals surface area contributed by atoms with Crippen LogP contribution in [0.25, 0.3) is 67.5 Å². The minimum absolute atomic E-state index is 0.559. The number of furan rings is 1. The van der Waals surface area contributed by atoms with Gasteiger partial charge in [-0.25, -0.2) is 24.9 Å². The minimum Gasteiger partial charge on any atom is -0.452 e. The molecule has 4 heterocycles. The first-order valence-electron chi connectivity index (χ1n) is 11.8. The van der Waals surface area contributed by atoms with Gasteiger partial charge in [0.05, 0.1) is 11.9 Å². The van der Waals surface area contributed by atoms with Crippen LogP contribution < -0.4 is 0 Å². The number of fused-ring (bicyclic) bond motifs is 3. The van der Waals surface area contributed by atoms with Crippen LogP contribution in [0.2, 0.25) is 0 Å². The van der Waals surface area contributed by atoms with Gasteiger partial charge in [-0.1, -0.05) is 66.7 Å². The van der Waals surface area contributed by atoms with E-state index in [9.17, 15) is 0 Å². The van der Waals surface area contributed by atoms with E-state index >= 15 is 0 Å². The van der Waals surface area contributed by atoms with Crippen LogP contribution in [-0.4, -0.2) is 29.9 Å². The fourth-order valence-corrected chi connectivity index (χ4v) is 4.36. The van der Waals surface area contributed by atoms with Gasteiger partial charge in [0.2, 0.25) is 0 Å². The number of hydrogen-bond acceptors (Lipinski definition) is 7. The van der Waals surface area contributed by atoms with Crippen LogP contribution in [0.1, 0.15) is 0 Å². The Morgan fingerprint density at radius 3 is 1.86 bits per heavy atom. The van der Waals surface area contributed by atoms with Gasteiger partial charge in [0.15, 0.2) is 23.1 Å². The quantitative estimate of drug-likeness (QED) is 0.281. The summed E-state index contributed by atoms with van der Waals surface area (Å²) in [5.41, 5.74) is 6.47. The molecule has 0 spiro atoms. The largest absolute Gasteiger partial charge is 0.452 e. The first-order chi connectivity index (χ1) is 18.3. The van der Waals surface area contributed by atoms with E-state index in [0.29, 0.717) is 23.1 Å². The second-order valence-corrected chi connectivity index (χ2v) is 8.49. The van der Waals surface area contributed by atoms with Gasteiger partial charge >= 0.3 is 0 Å². The molecule has 174 valence electrons. The predicted octanol–water partition coefficient (Wildman–Crippen LogP) is 6.62. The monoisotopic (exact) mass is 478 g/mol. The Bertz CT molecular complexity index is 1810. The Hall–Kier alpha value is -5.30. The van der Waals surface area contributed by atoms with Crippen molar-refractivity contribution in [3.05, 3.63) is 110 Å². The summed E-state index contributed by atoms with van der Waals surface area (Å²) >= 11 is 0. The fourth-order valence-electron chi connectivity index (χ4n) is 4.36. The smallest absolute Gasteiger partial charge is 0.172 e. The highest BCUT2D eigenvalue weighted by Crippen LogP contribution is 2.34. The Morgan fingerprint density at radius 1 is 0.541 bits per heavy atom. The molecular weight excluding hydrogens is 460 g/mol. The Morgan fingerprint density at radius 2 is 1.22 bits per heavy atom. The van der Waals surface area contributed by atoms with Crippen molar-refractivity contribution in [3.8, 4) is 45.4 Å². The van der Waals surface area contributed by atoms with Gasteiger partial charge in [0.1, 0.15) is 17.4 Å². The summed E-state index contributed by atoms with van der Waals surface area (Å²) in [6.45, 7) is 0. The third kappa shape index (κ3) is 3.79. The zero-order valence-corrected chi connectivity index (χ0v) is 19.5. The van der Waals surface area contributed by atoms with Crippen molar-refractivity contribution in [2.75, 3.05) is 0 Å². The zero-order chi connectivity index (χ0) is 24.6. The van der Waals surface area contributed by atoms with E-state index in [1.54, 1.807) is 12.4 Å². The maximum Gasteiger partial charge on any atom is 0.172 e. The highest BCUT2D eigenvalue weighted by Gasteiger charge is 2.15. The second-order valence-electron chi connectivity index (χ2n) is 8.49. The van der Waals surface area contributed by atoms with Gasteiger partial charge in [-0.05, 0) is 24.3 Å². The molecule has 4 aromatic heterocycles. The lowest BCUT2D eigenvalue weighted by Gasteiger charge is -2.09. The van der Waals surface area contributed by atoms with E-state index in [-0.39, 0.29) is 0 Å². The summed E-state index contributed by atoms with van der Waals surface area (Å²) in [7, 11) is 0. The molecular formula is C30H18N6O. The Kier molecular flexibility index (Phi) is 4.96. The van der Waals surface area contributed by atoms with E-state index in [1.165, 1.54) is 6.33 Å². The molecule has 7 heteroatoms. The number of pyridine rings is 1. The van der Waals surface area contributed by atoms with E-state index in [0.717, 1.165) is 44.4 Å². The van der Waals surface area contributed by atoms with Gasteiger partial charge in [-0.15, -0.1) is 0 Å². The fraction of sp³-hybridized carbons (Fsp3) is 0. The molecule has 0 radical (unpaired) electrons.